The van der Waals surface area contributed by atoms with Crippen molar-refractivity contribution in [3.8, 4) is 0 Å². The summed E-state index contributed by atoms with van der Waals surface area (Å²) in [5.74, 6) is 1.03. The lowest BCUT2D eigenvalue weighted by Gasteiger charge is -2.32. The molecule has 1 aromatic heterocycles. The molecule has 5 heteroatoms. The van der Waals surface area contributed by atoms with E-state index in [9.17, 15) is 4.79 Å². The lowest BCUT2D eigenvalue weighted by Crippen LogP contribution is -2.44. The van der Waals surface area contributed by atoms with Crippen LogP contribution in [0.1, 0.15) is 34.5 Å². The molecule has 2 heterocycles. The highest BCUT2D eigenvalue weighted by molar-refractivity contribution is 5.94. The molecule has 2 aromatic rings. The van der Waals surface area contributed by atoms with Gasteiger partial charge in [0.2, 0.25) is 0 Å². The van der Waals surface area contributed by atoms with Crippen LogP contribution >= 0.6 is 0 Å². The van der Waals surface area contributed by atoms with E-state index in [0.717, 1.165) is 48.6 Å². The van der Waals surface area contributed by atoms with Gasteiger partial charge in [0.15, 0.2) is 5.82 Å². The third-order valence-electron chi connectivity index (χ3n) is 4.13. The zero-order valence-corrected chi connectivity index (χ0v) is 13.1. The van der Waals surface area contributed by atoms with Crippen molar-refractivity contribution < 1.29 is 4.79 Å². The monoisotopic (exact) mass is 298 g/mol. The van der Waals surface area contributed by atoms with Crippen molar-refractivity contribution in [1.82, 2.24) is 15.5 Å². The number of carbonyl (C=O) groups is 1. The van der Waals surface area contributed by atoms with Gasteiger partial charge in [0, 0.05) is 36.5 Å². The number of amides is 1. The van der Waals surface area contributed by atoms with Gasteiger partial charge in [0.05, 0.1) is 0 Å². The van der Waals surface area contributed by atoms with Crippen LogP contribution in [-0.2, 0) is 0 Å². The fourth-order valence-electron chi connectivity index (χ4n) is 2.87. The van der Waals surface area contributed by atoms with Crippen LogP contribution < -0.4 is 10.2 Å². The number of H-pyrrole nitrogens is 1. The molecule has 1 amide bonds. The fraction of sp³-hybridized carbons (Fsp3) is 0.412. The third-order valence-corrected chi connectivity index (χ3v) is 4.13. The highest BCUT2D eigenvalue weighted by Crippen LogP contribution is 2.18. The van der Waals surface area contributed by atoms with E-state index in [1.54, 1.807) is 0 Å². The number of anilines is 1. The van der Waals surface area contributed by atoms with Gasteiger partial charge < -0.3 is 10.2 Å². The summed E-state index contributed by atoms with van der Waals surface area (Å²) < 4.78 is 0. The molecule has 0 saturated carbocycles. The molecular weight excluding hydrogens is 276 g/mol. The lowest BCUT2D eigenvalue weighted by molar-refractivity contribution is 0.0931. The van der Waals surface area contributed by atoms with Gasteiger partial charge in [-0.15, -0.1) is 0 Å². The molecule has 1 aliphatic heterocycles. The summed E-state index contributed by atoms with van der Waals surface area (Å²) in [6.45, 7) is 5.85. The number of aromatic amines is 1. The van der Waals surface area contributed by atoms with E-state index in [0.29, 0.717) is 0 Å². The number of rotatable bonds is 3. The number of carbonyl (C=O) groups excluding carboxylic acids is 1. The smallest absolute Gasteiger partial charge is 0.251 e. The summed E-state index contributed by atoms with van der Waals surface area (Å²) in [6.07, 6.45) is 1.90. The molecule has 0 bridgehead atoms. The SMILES string of the molecule is Cc1cccc(C(=O)NC2CCN(c3cc(C)[nH]n3)CC2)c1. The van der Waals surface area contributed by atoms with Gasteiger partial charge in [0.25, 0.3) is 5.91 Å². The Kier molecular flexibility index (Phi) is 4.13. The van der Waals surface area contributed by atoms with Crippen LogP contribution in [0.4, 0.5) is 5.82 Å². The van der Waals surface area contributed by atoms with Crippen LogP contribution in [-0.4, -0.2) is 35.2 Å². The number of aromatic nitrogens is 2. The van der Waals surface area contributed by atoms with Crippen LogP contribution in [0.2, 0.25) is 0 Å². The fourth-order valence-corrected chi connectivity index (χ4v) is 2.87. The summed E-state index contributed by atoms with van der Waals surface area (Å²) in [4.78, 5) is 14.5. The molecule has 0 radical (unpaired) electrons. The first-order chi connectivity index (χ1) is 10.6. The first kappa shape index (κ1) is 14.6. The van der Waals surface area contributed by atoms with Gasteiger partial charge in [0.1, 0.15) is 0 Å². The van der Waals surface area contributed by atoms with E-state index in [-0.39, 0.29) is 11.9 Å². The minimum Gasteiger partial charge on any atom is -0.355 e. The maximum atomic E-state index is 12.3. The van der Waals surface area contributed by atoms with Gasteiger partial charge in [-0.3, -0.25) is 9.89 Å². The Morgan fingerprint density at radius 3 is 2.68 bits per heavy atom. The summed E-state index contributed by atoms with van der Waals surface area (Å²) in [7, 11) is 0. The number of hydrogen-bond acceptors (Lipinski definition) is 3. The summed E-state index contributed by atoms with van der Waals surface area (Å²) in [6, 6.07) is 10.0. The minimum atomic E-state index is 0.0257. The van der Waals surface area contributed by atoms with Crippen molar-refractivity contribution in [1.29, 1.82) is 0 Å². The molecule has 1 aliphatic rings. The molecule has 3 rings (SSSR count). The predicted octanol–water partition coefficient (Wildman–Crippen LogP) is 2.43. The maximum absolute atomic E-state index is 12.3. The lowest BCUT2D eigenvalue weighted by atomic mass is 10.0. The number of nitrogens with one attached hydrogen (secondary N) is 2. The van der Waals surface area contributed by atoms with Crippen LogP contribution in [0.25, 0.3) is 0 Å². The average Bonchev–Trinajstić information content (AvgIpc) is 2.94. The molecule has 1 aromatic carbocycles. The number of aryl methyl sites for hydroxylation is 2. The summed E-state index contributed by atoms with van der Waals surface area (Å²) >= 11 is 0. The topological polar surface area (TPSA) is 61.0 Å². The Morgan fingerprint density at radius 1 is 1.27 bits per heavy atom. The number of benzene rings is 1. The van der Waals surface area contributed by atoms with Crippen LogP contribution in [0, 0.1) is 13.8 Å². The van der Waals surface area contributed by atoms with Gasteiger partial charge in [-0.25, -0.2) is 0 Å². The molecular formula is C17H22N4O. The molecule has 0 atom stereocenters. The molecule has 0 spiro atoms. The summed E-state index contributed by atoms with van der Waals surface area (Å²) in [5.41, 5.74) is 2.92. The molecule has 1 fully saturated rings. The van der Waals surface area contributed by atoms with Crippen molar-refractivity contribution in [2.45, 2.75) is 32.7 Å². The number of hydrogen-bond donors (Lipinski definition) is 2. The average molecular weight is 298 g/mol. The van der Waals surface area contributed by atoms with E-state index in [4.69, 9.17) is 0 Å². The second-order valence-electron chi connectivity index (χ2n) is 6.01. The zero-order valence-electron chi connectivity index (χ0n) is 13.1. The quantitative estimate of drug-likeness (QED) is 0.915. The molecule has 22 heavy (non-hydrogen) atoms. The Labute approximate surface area is 130 Å². The molecule has 1 saturated heterocycles. The van der Waals surface area contributed by atoms with Crippen molar-refractivity contribution in [3.63, 3.8) is 0 Å². The Bertz CT molecular complexity index is 656. The Balaban J connectivity index is 1.54. The molecule has 116 valence electrons. The number of nitrogens with zero attached hydrogens (tertiary/aromatic N) is 2. The van der Waals surface area contributed by atoms with Crippen molar-refractivity contribution in [3.05, 3.63) is 47.2 Å². The highest BCUT2D eigenvalue weighted by Gasteiger charge is 2.22. The predicted molar refractivity (Wildman–Crippen MR) is 87.2 cm³/mol. The third kappa shape index (κ3) is 3.30. The first-order valence-corrected chi connectivity index (χ1v) is 7.76. The van der Waals surface area contributed by atoms with Crippen molar-refractivity contribution in [2.75, 3.05) is 18.0 Å². The molecule has 5 nitrogen and oxygen atoms in total. The highest BCUT2D eigenvalue weighted by atomic mass is 16.1. The van der Waals surface area contributed by atoms with E-state index in [1.807, 2.05) is 38.1 Å². The van der Waals surface area contributed by atoms with Gasteiger partial charge in [-0.1, -0.05) is 17.7 Å². The van der Waals surface area contributed by atoms with Gasteiger partial charge >= 0.3 is 0 Å². The zero-order chi connectivity index (χ0) is 15.5. The van der Waals surface area contributed by atoms with Crippen LogP contribution in [0.5, 0.6) is 0 Å². The second-order valence-corrected chi connectivity index (χ2v) is 6.01. The van der Waals surface area contributed by atoms with E-state index in [1.165, 1.54) is 0 Å². The summed E-state index contributed by atoms with van der Waals surface area (Å²) in [5, 5.41) is 10.4. The normalized spacial score (nSPS) is 15.8. The maximum Gasteiger partial charge on any atom is 0.251 e. The molecule has 0 aliphatic carbocycles. The minimum absolute atomic E-state index is 0.0257. The Hall–Kier alpha value is -2.30. The molecule has 0 unspecified atom stereocenters. The van der Waals surface area contributed by atoms with Crippen molar-refractivity contribution >= 4 is 11.7 Å². The van der Waals surface area contributed by atoms with Gasteiger partial charge in [-0.2, -0.15) is 5.10 Å². The number of piperidine rings is 1. The van der Waals surface area contributed by atoms with E-state index < -0.39 is 0 Å². The van der Waals surface area contributed by atoms with Crippen molar-refractivity contribution in [2.24, 2.45) is 0 Å². The second kappa shape index (κ2) is 6.22. The molecule has 2 N–H and O–H groups in total. The first-order valence-electron chi connectivity index (χ1n) is 7.76. The standard InChI is InChI=1S/C17H22N4O/c1-12-4-3-5-14(10-12)17(22)18-15-6-8-21(9-7-15)16-11-13(2)19-20-16/h3-5,10-11,15H,6-9H2,1-2H3,(H,18,22)(H,19,20). The van der Waals surface area contributed by atoms with E-state index in [2.05, 4.69) is 26.5 Å². The van der Waals surface area contributed by atoms with Crippen LogP contribution in [0.3, 0.4) is 0 Å². The van der Waals surface area contributed by atoms with Gasteiger partial charge in [-0.05, 0) is 38.8 Å². The van der Waals surface area contributed by atoms with Crippen LogP contribution in [0.15, 0.2) is 30.3 Å². The van der Waals surface area contributed by atoms with E-state index >= 15 is 0 Å². The Morgan fingerprint density at radius 2 is 2.05 bits per heavy atom. The largest absolute Gasteiger partial charge is 0.355 e.